The Balaban J connectivity index is 1.36. The van der Waals surface area contributed by atoms with Crippen molar-refractivity contribution in [2.24, 2.45) is 5.10 Å². The average molecular weight is 812 g/mol. The standard InChI is InChI=1S/C31H29BrClIN4O7/c1-4-43-30(40)27-17(2)36-31(41)37-28(27)19-9-10-24(25(13-19)42-3)44-16-26(39)38-35-14-18-11-21(32)29(23(34)12-18)45-15-20-7-5-6-8-22(20)33/h5-14,28H,4,15-16H2,1-3H3,(H,38,39)(H2,36,37,41)/b35-14-/t28-/m0/s1. The molecule has 3 aromatic rings. The molecule has 0 unspecified atom stereocenters. The highest BCUT2D eigenvalue weighted by Gasteiger charge is 2.32. The van der Waals surface area contributed by atoms with Crippen molar-refractivity contribution in [3.05, 3.63) is 95.6 Å². The smallest absolute Gasteiger partial charge is 0.338 e. The predicted molar refractivity (Wildman–Crippen MR) is 181 cm³/mol. The van der Waals surface area contributed by atoms with Gasteiger partial charge in [-0.3, -0.25) is 4.79 Å². The summed E-state index contributed by atoms with van der Waals surface area (Å²) in [5.74, 6) is 0.192. The van der Waals surface area contributed by atoms with Crippen molar-refractivity contribution in [1.29, 1.82) is 0 Å². The van der Waals surface area contributed by atoms with Crippen LogP contribution >= 0.6 is 50.1 Å². The van der Waals surface area contributed by atoms with Crippen molar-refractivity contribution in [2.45, 2.75) is 26.5 Å². The fourth-order valence-corrected chi connectivity index (χ4v) is 6.28. The minimum Gasteiger partial charge on any atom is -0.493 e. The second-order valence-corrected chi connectivity index (χ2v) is 11.9. The number of carbonyl (C=O) groups excluding carboxylic acids is 3. The van der Waals surface area contributed by atoms with E-state index in [-0.39, 0.29) is 24.5 Å². The zero-order valence-corrected chi connectivity index (χ0v) is 28.9. The minimum absolute atomic E-state index is 0.182. The lowest BCUT2D eigenvalue weighted by atomic mass is 9.95. The maximum atomic E-state index is 12.6. The third kappa shape index (κ3) is 8.89. The van der Waals surface area contributed by atoms with E-state index in [1.807, 2.05) is 36.4 Å². The van der Waals surface area contributed by atoms with E-state index in [9.17, 15) is 14.4 Å². The molecule has 45 heavy (non-hydrogen) atoms. The fraction of sp³-hybridized carbons (Fsp3) is 0.226. The topological polar surface area (TPSA) is 137 Å². The van der Waals surface area contributed by atoms with Crippen LogP contribution in [0.2, 0.25) is 5.02 Å². The van der Waals surface area contributed by atoms with Crippen LogP contribution in [0.4, 0.5) is 4.79 Å². The van der Waals surface area contributed by atoms with Gasteiger partial charge >= 0.3 is 12.0 Å². The summed E-state index contributed by atoms with van der Waals surface area (Å²) in [7, 11) is 1.44. The van der Waals surface area contributed by atoms with Gasteiger partial charge in [-0.05, 0) is 93.8 Å². The highest BCUT2D eigenvalue weighted by molar-refractivity contribution is 14.1. The number of hydrazone groups is 1. The molecule has 11 nitrogen and oxygen atoms in total. The molecule has 0 aliphatic carbocycles. The number of carbonyl (C=O) groups is 3. The molecule has 0 saturated heterocycles. The molecule has 1 heterocycles. The molecule has 0 bridgehead atoms. The predicted octanol–water partition coefficient (Wildman–Crippen LogP) is 6.01. The second kappa shape index (κ2) is 16.0. The summed E-state index contributed by atoms with van der Waals surface area (Å²) in [4.78, 5) is 37.2. The molecular formula is C31H29BrClIN4O7. The van der Waals surface area contributed by atoms with Crippen LogP contribution < -0.4 is 30.3 Å². The second-order valence-electron chi connectivity index (χ2n) is 9.48. The monoisotopic (exact) mass is 810 g/mol. The number of benzene rings is 3. The summed E-state index contributed by atoms with van der Waals surface area (Å²) in [6, 6.07) is 14.8. The molecule has 0 fully saturated rings. The van der Waals surface area contributed by atoms with Crippen LogP contribution in [0.15, 0.2) is 75.4 Å². The van der Waals surface area contributed by atoms with Crippen LogP contribution in [0.1, 0.15) is 36.6 Å². The third-order valence-corrected chi connectivity index (χ3v) is 8.16. The lowest BCUT2D eigenvalue weighted by molar-refractivity contribution is -0.139. The van der Waals surface area contributed by atoms with Gasteiger partial charge < -0.3 is 29.6 Å². The molecule has 14 heteroatoms. The molecule has 3 aromatic carbocycles. The Kier molecular flexibility index (Phi) is 12.1. The summed E-state index contributed by atoms with van der Waals surface area (Å²) >= 11 is 11.9. The lowest BCUT2D eigenvalue weighted by Gasteiger charge is -2.28. The summed E-state index contributed by atoms with van der Waals surface area (Å²) in [5.41, 5.74) is 5.26. The number of urea groups is 1. The van der Waals surface area contributed by atoms with Crippen LogP contribution in [-0.4, -0.2) is 44.4 Å². The Morgan fingerprint density at radius 3 is 2.62 bits per heavy atom. The van der Waals surface area contributed by atoms with E-state index in [1.165, 1.54) is 13.3 Å². The van der Waals surface area contributed by atoms with E-state index < -0.39 is 23.9 Å². The number of ether oxygens (including phenoxy) is 4. The molecule has 1 aliphatic heterocycles. The molecule has 1 aliphatic rings. The molecule has 1 atom stereocenters. The number of esters is 1. The van der Waals surface area contributed by atoms with Crippen molar-refractivity contribution in [2.75, 3.05) is 20.3 Å². The molecule has 236 valence electrons. The molecule has 3 amide bonds. The van der Waals surface area contributed by atoms with Crippen molar-refractivity contribution < 1.29 is 33.3 Å². The number of nitrogens with one attached hydrogen (secondary N) is 3. The molecular weight excluding hydrogens is 783 g/mol. The van der Waals surface area contributed by atoms with Gasteiger partial charge in [-0.1, -0.05) is 35.9 Å². The van der Waals surface area contributed by atoms with E-state index in [2.05, 4.69) is 59.7 Å². The number of methoxy groups -OCH3 is 1. The first-order valence-electron chi connectivity index (χ1n) is 13.5. The summed E-state index contributed by atoms with van der Waals surface area (Å²) in [6.45, 7) is 3.47. The van der Waals surface area contributed by atoms with E-state index >= 15 is 0 Å². The van der Waals surface area contributed by atoms with Gasteiger partial charge in [0.05, 0.1) is 39.6 Å². The summed E-state index contributed by atoms with van der Waals surface area (Å²) < 4.78 is 23.8. The fourth-order valence-electron chi connectivity index (χ4n) is 4.32. The Morgan fingerprint density at radius 1 is 1.13 bits per heavy atom. The van der Waals surface area contributed by atoms with E-state index in [0.29, 0.717) is 34.4 Å². The van der Waals surface area contributed by atoms with Gasteiger partial charge in [-0.15, -0.1) is 0 Å². The maximum absolute atomic E-state index is 12.6. The highest BCUT2D eigenvalue weighted by Crippen LogP contribution is 2.35. The quantitative estimate of drug-likeness (QED) is 0.0882. The first-order valence-corrected chi connectivity index (χ1v) is 15.8. The number of halogens is 3. The van der Waals surface area contributed by atoms with E-state index in [1.54, 1.807) is 32.0 Å². The van der Waals surface area contributed by atoms with Gasteiger partial charge in [-0.25, -0.2) is 15.0 Å². The molecule has 0 spiro atoms. The van der Waals surface area contributed by atoms with Crippen molar-refractivity contribution in [3.63, 3.8) is 0 Å². The van der Waals surface area contributed by atoms with Crippen LogP contribution in [0.3, 0.4) is 0 Å². The summed E-state index contributed by atoms with van der Waals surface area (Å²) in [6.07, 6.45) is 1.50. The molecule has 0 radical (unpaired) electrons. The van der Waals surface area contributed by atoms with Crippen LogP contribution in [0.25, 0.3) is 0 Å². The van der Waals surface area contributed by atoms with Gasteiger partial charge in [0.2, 0.25) is 0 Å². The molecule has 4 rings (SSSR count). The largest absolute Gasteiger partial charge is 0.493 e. The van der Waals surface area contributed by atoms with E-state index in [0.717, 1.165) is 19.2 Å². The van der Waals surface area contributed by atoms with Crippen LogP contribution in [0.5, 0.6) is 17.2 Å². The normalized spacial score (nSPS) is 14.4. The zero-order chi connectivity index (χ0) is 32.5. The Hall–Kier alpha value is -3.82. The lowest BCUT2D eigenvalue weighted by Crippen LogP contribution is -2.45. The first-order chi connectivity index (χ1) is 21.6. The van der Waals surface area contributed by atoms with E-state index in [4.69, 9.17) is 30.5 Å². The minimum atomic E-state index is -0.774. The van der Waals surface area contributed by atoms with Crippen LogP contribution in [0, 0.1) is 3.57 Å². The Morgan fingerprint density at radius 2 is 1.91 bits per heavy atom. The van der Waals surface area contributed by atoms with Crippen molar-refractivity contribution in [1.82, 2.24) is 16.1 Å². The van der Waals surface area contributed by atoms with Gasteiger partial charge in [0, 0.05) is 16.3 Å². The molecule has 3 N–H and O–H groups in total. The number of hydrogen-bond acceptors (Lipinski definition) is 8. The molecule has 0 aromatic heterocycles. The van der Waals surface area contributed by atoms with Gasteiger partial charge in [-0.2, -0.15) is 5.10 Å². The van der Waals surface area contributed by atoms with Gasteiger partial charge in [0.15, 0.2) is 18.1 Å². The number of hydrogen-bond donors (Lipinski definition) is 3. The molecule has 0 saturated carbocycles. The first kappa shape index (κ1) is 34.1. The highest BCUT2D eigenvalue weighted by atomic mass is 127. The van der Waals surface area contributed by atoms with Crippen molar-refractivity contribution >= 4 is 74.2 Å². The Labute approximate surface area is 286 Å². The van der Waals surface area contributed by atoms with Gasteiger partial charge in [0.1, 0.15) is 12.4 Å². The average Bonchev–Trinajstić information content (AvgIpc) is 3.00. The third-order valence-electron chi connectivity index (χ3n) is 6.40. The number of amides is 3. The number of allylic oxidation sites excluding steroid dienone is 1. The van der Waals surface area contributed by atoms with Gasteiger partial charge in [0.25, 0.3) is 5.91 Å². The van der Waals surface area contributed by atoms with Crippen LogP contribution in [-0.2, 0) is 20.9 Å². The number of nitrogens with zero attached hydrogens (tertiary/aromatic N) is 1. The Bertz CT molecular complexity index is 1640. The zero-order valence-electron chi connectivity index (χ0n) is 24.4. The SMILES string of the molecule is CCOC(=O)C1=C(C)NC(=O)N[C@H]1c1ccc(OCC(=O)N/N=C\c2cc(Br)c(OCc3ccccc3Cl)c(I)c2)c(OC)c1. The number of rotatable bonds is 12. The van der Waals surface area contributed by atoms with Crippen molar-refractivity contribution in [3.8, 4) is 17.2 Å². The summed E-state index contributed by atoms with van der Waals surface area (Å²) in [5, 5.41) is 9.99. The maximum Gasteiger partial charge on any atom is 0.338 e.